The van der Waals surface area contributed by atoms with Gasteiger partial charge in [-0.15, -0.1) is 0 Å². The molecular formula is C12H15N3O. The van der Waals surface area contributed by atoms with Crippen LogP contribution in [0.15, 0.2) is 30.5 Å². The third-order valence-corrected chi connectivity index (χ3v) is 2.38. The fraction of sp³-hybridized carbons (Fsp3) is 0.250. The molecule has 1 heterocycles. The maximum Gasteiger partial charge on any atom is 0.140 e. The molecule has 0 unspecified atom stereocenters. The molecule has 3 N–H and O–H groups in total. The molecule has 0 amide bonds. The van der Waals surface area contributed by atoms with E-state index in [2.05, 4.69) is 4.98 Å². The van der Waals surface area contributed by atoms with Crippen LogP contribution >= 0.6 is 0 Å². The Morgan fingerprint density at radius 2 is 2.25 bits per heavy atom. The summed E-state index contributed by atoms with van der Waals surface area (Å²) in [5.41, 5.74) is 8.37. The van der Waals surface area contributed by atoms with Gasteiger partial charge in [-0.2, -0.15) is 0 Å². The minimum Gasteiger partial charge on any atom is -0.399 e. The Morgan fingerprint density at radius 3 is 2.94 bits per heavy atom. The summed E-state index contributed by atoms with van der Waals surface area (Å²) < 4.78 is 1.93. The Hall–Kier alpha value is -1.81. The molecule has 16 heavy (non-hydrogen) atoms. The number of nitrogens with zero attached hydrogens (tertiary/aromatic N) is 2. The zero-order valence-corrected chi connectivity index (χ0v) is 9.22. The lowest BCUT2D eigenvalue weighted by molar-refractivity contribution is 0.276. The van der Waals surface area contributed by atoms with E-state index in [0.717, 1.165) is 17.1 Å². The molecule has 1 aromatic heterocycles. The lowest BCUT2D eigenvalue weighted by atomic mass is 10.2. The number of anilines is 1. The van der Waals surface area contributed by atoms with Gasteiger partial charge in [-0.1, -0.05) is 12.1 Å². The average molecular weight is 217 g/mol. The van der Waals surface area contributed by atoms with Crippen molar-refractivity contribution in [2.45, 2.75) is 13.5 Å². The number of nitrogens with two attached hydrogens (primary N) is 1. The van der Waals surface area contributed by atoms with Gasteiger partial charge in [0.05, 0.1) is 12.3 Å². The summed E-state index contributed by atoms with van der Waals surface area (Å²) in [5.74, 6) is 0.846. The van der Waals surface area contributed by atoms with Gasteiger partial charge in [-0.25, -0.2) is 4.98 Å². The Kier molecular flexibility index (Phi) is 2.92. The zero-order chi connectivity index (χ0) is 11.5. The maximum absolute atomic E-state index is 8.98. The van der Waals surface area contributed by atoms with E-state index in [9.17, 15) is 0 Å². The number of aliphatic hydroxyl groups excluding tert-OH is 1. The van der Waals surface area contributed by atoms with Gasteiger partial charge in [0.1, 0.15) is 5.82 Å². The predicted molar refractivity (Wildman–Crippen MR) is 63.9 cm³/mol. The van der Waals surface area contributed by atoms with Crippen LogP contribution in [0.3, 0.4) is 0 Å². The third kappa shape index (κ3) is 2.06. The molecule has 0 fully saturated rings. The molecule has 4 heteroatoms. The molecule has 0 saturated heterocycles. The molecule has 1 aromatic carbocycles. The highest BCUT2D eigenvalue weighted by Crippen LogP contribution is 2.20. The molecule has 2 aromatic rings. The first-order valence-corrected chi connectivity index (χ1v) is 5.21. The van der Waals surface area contributed by atoms with E-state index in [1.807, 2.05) is 42.0 Å². The predicted octanol–water partition coefficient (Wildman–Crippen LogP) is 1.43. The maximum atomic E-state index is 8.98. The molecule has 0 spiro atoms. The van der Waals surface area contributed by atoms with E-state index >= 15 is 0 Å². The number of rotatable bonds is 3. The van der Waals surface area contributed by atoms with E-state index < -0.39 is 0 Å². The number of imidazole rings is 1. The van der Waals surface area contributed by atoms with Crippen LogP contribution in [0.4, 0.5) is 5.69 Å². The smallest absolute Gasteiger partial charge is 0.140 e. The minimum atomic E-state index is 0.102. The number of benzene rings is 1. The standard InChI is InChI=1S/C12H15N3O/c1-9-8-15(5-6-16)12(14-9)10-3-2-4-11(13)7-10/h2-4,7-8,16H,5-6,13H2,1H3. The van der Waals surface area contributed by atoms with Gasteiger partial charge in [0.25, 0.3) is 0 Å². The summed E-state index contributed by atoms with van der Waals surface area (Å²) in [4.78, 5) is 4.44. The first-order valence-electron chi connectivity index (χ1n) is 5.21. The SMILES string of the molecule is Cc1cn(CCO)c(-c2cccc(N)c2)n1. The van der Waals surface area contributed by atoms with Crippen LogP contribution in [-0.4, -0.2) is 21.3 Å². The molecular weight excluding hydrogens is 202 g/mol. The van der Waals surface area contributed by atoms with Crippen LogP contribution in [0.2, 0.25) is 0 Å². The Balaban J connectivity index is 2.46. The Bertz CT molecular complexity index is 491. The quantitative estimate of drug-likeness (QED) is 0.764. The first-order chi connectivity index (χ1) is 7.70. The number of aryl methyl sites for hydroxylation is 1. The number of nitrogen functional groups attached to an aromatic ring is 1. The van der Waals surface area contributed by atoms with Crippen molar-refractivity contribution in [2.75, 3.05) is 12.3 Å². The third-order valence-electron chi connectivity index (χ3n) is 2.38. The second-order valence-electron chi connectivity index (χ2n) is 3.75. The van der Waals surface area contributed by atoms with Gasteiger partial charge >= 0.3 is 0 Å². The summed E-state index contributed by atoms with van der Waals surface area (Å²) in [6, 6.07) is 7.59. The largest absolute Gasteiger partial charge is 0.399 e. The Morgan fingerprint density at radius 1 is 1.44 bits per heavy atom. The topological polar surface area (TPSA) is 64.1 Å². The molecule has 0 aliphatic heterocycles. The fourth-order valence-corrected chi connectivity index (χ4v) is 1.73. The second-order valence-corrected chi connectivity index (χ2v) is 3.75. The van der Waals surface area contributed by atoms with Gasteiger partial charge in [0.2, 0.25) is 0 Å². The molecule has 84 valence electrons. The van der Waals surface area contributed by atoms with Crippen molar-refractivity contribution in [1.82, 2.24) is 9.55 Å². The lowest BCUT2D eigenvalue weighted by Crippen LogP contribution is -2.03. The molecule has 4 nitrogen and oxygen atoms in total. The second kappa shape index (κ2) is 4.37. The van der Waals surface area contributed by atoms with Crippen LogP contribution in [0.25, 0.3) is 11.4 Å². The molecule has 2 rings (SSSR count). The summed E-state index contributed by atoms with van der Waals surface area (Å²) in [6.07, 6.45) is 1.93. The van der Waals surface area contributed by atoms with Crippen molar-refractivity contribution in [3.05, 3.63) is 36.2 Å². The van der Waals surface area contributed by atoms with Crippen molar-refractivity contribution < 1.29 is 5.11 Å². The number of hydrogen-bond donors (Lipinski definition) is 2. The van der Waals surface area contributed by atoms with Gasteiger partial charge in [0, 0.05) is 24.0 Å². The van der Waals surface area contributed by atoms with Crippen molar-refractivity contribution in [3.63, 3.8) is 0 Å². The molecule has 0 atom stereocenters. The van der Waals surface area contributed by atoms with E-state index in [4.69, 9.17) is 10.8 Å². The number of hydrogen-bond acceptors (Lipinski definition) is 3. The zero-order valence-electron chi connectivity index (χ0n) is 9.22. The highest BCUT2D eigenvalue weighted by Gasteiger charge is 2.07. The van der Waals surface area contributed by atoms with E-state index in [-0.39, 0.29) is 6.61 Å². The van der Waals surface area contributed by atoms with Gasteiger partial charge in [0.15, 0.2) is 0 Å². The number of aliphatic hydroxyl groups is 1. The summed E-state index contributed by atoms with van der Waals surface area (Å²) in [6.45, 7) is 2.58. The summed E-state index contributed by atoms with van der Waals surface area (Å²) >= 11 is 0. The van der Waals surface area contributed by atoms with Crippen molar-refractivity contribution >= 4 is 5.69 Å². The normalized spacial score (nSPS) is 10.6. The minimum absolute atomic E-state index is 0.102. The van der Waals surface area contributed by atoms with Crippen LogP contribution in [0.5, 0.6) is 0 Å². The van der Waals surface area contributed by atoms with E-state index in [1.54, 1.807) is 0 Å². The van der Waals surface area contributed by atoms with E-state index in [0.29, 0.717) is 12.2 Å². The van der Waals surface area contributed by atoms with E-state index in [1.165, 1.54) is 0 Å². The lowest BCUT2D eigenvalue weighted by Gasteiger charge is -2.06. The summed E-state index contributed by atoms with van der Waals surface area (Å²) in [7, 11) is 0. The van der Waals surface area contributed by atoms with Crippen LogP contribution < -0.4 is 5.73 Å². The highest BCUT2D eigenvalue weighted by atomic mass is 16.3. The molecule has 0 bridgehead atoms. The average Bonchev–Trinajstić information content (AvgIpc) is 2.60. The molecule has 0 saturated carbocycles. The summed E-state index contributed by atoms with van der Waals surface area (Å²) in [5, 5.41) is 8.98. The van der Waals surface area contributed by atoms with Gasteiger partial charge < -0.3 is 15.4 Å². The van der Waals surface area contributed by atoms with Gasteiger partial charge in [-0.05, 0) is 19.1 Å². The van der Waals surface area contributed by atoms with Crippen molar-refractivity contribution in [2.24, 2.45) is 0 Å². The number of aromatic nitrogens is 2. The molecule has 0 radical (unpaired) electrons. The Labute approximate surface area is 94.4 Å². The first kappa shape index (κ1) is 10.7. The molecule has 0 aliphatic rings. The highest BCUT2D eigenvalue weighted by molar-refractivity contribution is 5.61. The van der Waals surface area contributed by atoms with Crippen LogP contribution in [-0.2, 0) is 6.54 Å². The van der Waals surface area contributed by atoms with Crippen LogP contribution in [0.1, 0.15) is 5.69 Å². The van der Waals surface area contributed by atoms with Crippen molar-refractivity contribution in [3.8, 4) is 11.4 Å². The monoisotopic (exact) mass is 217 g/mol. The van der Waals surface area contributed by atoms with Crippen molar-refractivity contribution in [1.29, 1.82) is 0 Å². The fourth-order valence-electron chi connectivity index (χ4n) is 1.73. The van der Waals surface area contributed by atoms with Gasteiger partial charge in [-0.3, -0.25) is 0 Å². The molecule has 0 aliphatic carbocycles. The van der Waals surface area contributed by atoms with Crippen LogP contribution in [0, 0.1) is 6.92 Å².